The number of carbonyl (C=O) groups is 3. The molecule has 2 N–H and O–H groups in total. The zero-order chi connectivity index (χ0) is 24.3. The Hall–Kier alpha value is -3.35. The van der Waals surface area contributed by atoms with Crippen molar-refractivity contribution in [1.29, 1.82) is 0 Å². The van der Waals surface area contributed by atoms with Crippen molar-refractivity contribution < 1.29 is 24.2 Å². The van der Waals surface area contributed by atoms with Crippen LogP contribution in [0.15, 0.2) is 48.5 Å². The molecule has 4 unspecified atom stereocenters. The number of amides is 2. The molecule has 182 valence electrons. The van der Waals surface area contributed by atoms with Crippen LogP contribution in [0.5, 0.6) is 0 Å². The Morgan fingerprint density at radius 2 is 1.60 bits per heavy atom. The minimum atomic E-state index is -1.08. The molecule has 0 spiro atoms. The average molecular weight is 475 g/mol. The van der Waals surface area contributed by atoms with Gasteiger partial charge in [-0.05, 0) is 66.2 Å². The van der Waals surface area contributed by atoms with Crippen molar-refractivity contribution in [2.45, 2.75) is 49.6 Å². The molecule has 0 saturated heterocycles. The minimum Gasteiger partial charge on any atom is -0.479 e. The molecular formula is C28H30N2O5. The van der Waals surface area contributed by atoms with E-state index >= 15 is 0 Å². The van der Waals surface area contributed by atoms with E-state index in [1.54, 1.807) is 7.05 Å². The average Bonchev–Trinajstić information content (AvgIpc) is 3.29. The van der Waals surface area contributed by atoms with Gasteiger partial charge in [-0.1, -0.05) is 48.5 Å². The van der Waals surface area contributed by atoms with E-state index in [2.05, 4.69) is 29.6 Å². The van der Waals surface area contributed by atoms with E-state index in [1.807, 2.05) is 24.3 Å². The first-order valence-electron chi connectivity index (χ1n) is 12.5. The van der Waals surface area contributed by atoms with Crippen molar-refractivity contribution in [3.8, 4) is 11.1 Å². The molecule has 2 aromatic rings. The summed E-state index contributed by atoms with van der Waals surface area (Å²) in [6.45, 7) is 0.224. The highest BCUT2D eigenvalue weighted by Crippen LogP contribution is 2.51. The van der Waals surface area contributed by atoms with Crippen molar-refractivity contribution in [3.05, 3.63) is 59.7 Å². The van der Waals surface area contributed by atoms with E-state index in [4.69, 9.17) is 4.74 Å². The number of hydrogen-bond acceptors (Lipinski definition) is 4. The van der Waals surface area contributed by atoms with Crippen LogP contribution in [0, 0.1) is 17.8 Å². The Morgan fingerprint density at radius 3 is 2.20 bits per heavy atom. The number of fused-ring (bicyclic) bond motifs is 5. The number of ether oxygens (including phenoxy) is 1. The number of benzene rings is 2. The number of carboxylic acids is 1. The van der Waals surface area contributed by atoms with Crippen LogP contribution in [0.3, 0.4) is 0 Å². The molecule has 7 nitrogen and oxygen atoms in total. The topological polar surface area (TPSA) is 95.9 Å². The van der Waals surface area contributed by atoms with Crippen molar-refractivity contribution in [3.63, 3.8) is 0 Å². The molecule has 3 fully saturated rings. The van der Waals surface area contributed by atoms with E-state index in [9.17, 15) is 19.5 Å². The maximum absolute atomic E-state index is 13.4. The monoisotopic (exact) mass is 474 g/mol. The fourth-order valence-corrected chi connectivity index (χ4v) is 6.88. The van der Waals surface area contributed by atoms with E-state index in [1.165, 1.54) is 16.0 Å². The van der Waals surface area contributed by atoms with Gasteiger partial charge in [-0.3, -0.25) is 4.79 Å². The summed E-state index contributed by atoms with van der Waals surface area (Å²) < 4.78 is 5.75. The number of likely N-dealkylation sites (N-methyl/N-ethyl adjacent to an activating group) is 1. The molecule has 0 aliphatic heterocycles. The van der Waals surface area contributed by atoms with E-state index in [0.29, 0.717) is 12.8 Å². The molecule has 0 heterocycles. The lowest BCUT2D eigenvalue weighted by Crippen LogP contribution is -2.54. The molecule has 4 aliphatic rings. The third-order valence-electron chi connectivity index (χ3n) is 8.92. The van der Waals surface area contributed by atoms with Gasteiger partial charge in [0, 0.05) is 19.0 Å². The zero-order valence-electron chi connectivity index (χ0n) is 19.8. The lowest BCUT2D eigenvalue weighted by Gasteiger charge is -2.35. The van der Waals surface area contributed by atoms with Gasteiger partial charge in [-0.2, -0.15) is 0 Å². The number of nitrogens with zero attached hydrogens (tertiary/aromatic N) is 1. The van der Waals surface area contributed by atoms with Gasteiger partial charge in [-0.15, -0.1) is 0 Å². The largest absolute Gasteiger partial charge is 0.479 e. The van der Waals surface area contributed by atoms with Crippen molar-refractivity contribution in [2.24, 2.45) is 17.8 Å². The van der Waals surface area contributed by atoms with Crippen LogP contribution in [-0.4, -0.2) is 53.2 Å². The lowest BCUT2D eigenvalue weighted by molar-refractivity contribution is -0.153. The predicted molar refractivity (Wildman–Crippen MR) is 129 cm³/mol. The third-order valence-corrected chi connectivity index (χ3v) is 8.92. The number of carboxylic acid groups (broad SMARTS) is 1. The first-order valence-corrected chi connectivity index (χ1v) is 12.5. The van der Waals surface area contributed by atoms with E-state index < -0.39 is 23.5 Å². The first kappa shape index (κ1) is 22.1. The third kappa shape index (κ3) is 3.43. The molecule has 6 rings (SSSR count). The Balaban J connectivity index is 1.15. The van der Waals surface area contributed by atoms with Crippen LogP contribution >= 0.6 is 0 Å². The summed E-state index contributed by atoms with van der Waals surface area (Å²) in [6, 6.07) is 16.1. The smallest absolute Gasteiger partial charge is 0.407 e. The predicted octanol–water partition coefficient (Wildman–Crippen LogP) is 4.02. The quantitative estimate of drug-likeness (QED) is 0.659. The van der Waals surface area contributed by atoms with Gasteiger partial charge in [0.05, 0.1) is 5.92 Å². The Labute approximate surface area is 204 Å². The molecule has 2 bridgehead atoms. The lowest BCUT2D eigenvalue weighted by atomic mass is 9.83. The molecule has 7 heteroatoms. The van der Waals surface area contributed by atoms with Crippen LogP contribution in [0.2, 0.25) is 0 Å². The second kappa shape index (κ2) is 8.11. The maximum Gasteiger partial charge on any atom is 0.407 e. The minimum absolute atomic E-state index is 0.0259. The number of alkyl carbamates (subject to hydrolysis) is 1. The van der Waals surface area contributed by atoms with Crippen molar-refractivity contribution >= 4 is 18.0 Å². The van der Waals surface area contributed by atoms with Gasteiger partial charge in [0.25, 0.3) is 0 Å². The highest BCUT2D eigenvalue weighted by Gasteiger charge is 2.59. The molecule has 3 saturated carbocycles. The van der Waals surface area contributed by atoms with Crippen LogP contribution in [0.25, 0.3) is 11.1 Å². The van der Waals surface area contributed by atoms with Gasteiger partial charge >= 0.3 is 12.1 Å². The second-order valence-electron chi connectivity index (χ2n) is 10.6. The Bertz CT molecular complexity index is 1160. The van der Waals surface area contributed by atoms with Crippen LogP contribution in [0.1, 0.15) is 49.1 Å². The molecular weight excluding hydrogens is 444 g/mol. The molecule has 2 amide bonds. The summed E-state index contributed by atoms with van der Waals surface area (Å²) in [5, 5.41) is 12.7. The second-order valence-corrected chi connectivity index (χ2v) is 10.6. The van der Waals surface area contributed by atoms with Crippen LogP contribution in [0.4, 0.5) is 4.79 Å². The van der Waals surface area contributed by atoms with E-state index in [-0.39, 0.29) is 36.3 Å². The molecule has 0 radical (unpaired) electrons. The Kier molecular flexibility index (Phi) is 5.13. The SMILES string of the molecule is CN(C(=O)C1C2CCC(C2)C1NC(=O)OCC1c2ccccc2-c2ccccc21)C1(C(=O)O)CC1. The molecule has 35 heavy (non-hydrogen) atoms. The van der Waals surface area contributed by atoms with Gasteiger partial charge in [-0.25, -0.2) is 9.59 Å². The van der Waals surface area contributed by atoms with Gasteiger partial charge in [0.1, 0.15) is 12.1 Å². The number of hydrogen-bond donors (Lipinski definition) is 2. The summed E-state index contributed by atoms with van der Waals surface area (Å²) >= 11 is 0. The standard InChI is InChI=1S/C28H30N2O5/c1-30(28(12-13-28)26(32)33)25(31)23-16-10-11-17(14-16)24(23)29-27(34)35-15-22-20-8-4-2-6-18(20)19-7-3-5-9-21(19)22/h2-9,16-17,22-24H,10-15H2,1H3,(H,29,34)(H,32,33). The number of rotatable bonds is 6. The Morgan fingerprint density at radius 1 is 1.00 bits per heavy atom. The molecule has 4 atom stereocenters. The summed E-state index contributed by atoms with van der Waals surface area (Å²) in [5.74, 6) is -1.13. The number of carbonyl (C=O) groups excluding carboxylic acids is 2. The fourth-order valence-electron chi connectivity index (χ4n) is 6.88. The summed E-state index contributed by atoms with van der Waals surface area (Å²) in [6.07, 6.45) is 3.25. The van der Waals surface area contributed by atoms with Gasteiger partial charge < -0.3 is 20.1 Å². The van der Waals surface area contributed by atoms with Crippen LogP contribution in [-0.2, 0) is 14.3 Å². The summed E-state index contributed by atoms with van der Waals surface area (Å²) in [5.41, 5.74) is 3.57. The van der Waals surface area contributed by atoms with Crippen molar-refractivity contribution in [2.75, 3.05) is 13.7 Å². The summed E-state index contributed by atoms with van der Waals surface area (Å²) in [7, 11) is 1.60. The van der Waals surface area contributed by atoms with Gasteiger partial charge in [0.2, 0.25) is 5.91 Å². The fraction of sp³-hybridized carbons (Fsp3) is 0.464. The maximum atomic E-state index is 13.4. The van der Waals surface area contributed by atoms with E-state index in [0.717, 1.165) is 30.4 Å². The normalized spacial score (nSPS) is 27.1. The first-order chi connectivity index (χ1) is 16.9. The highest BCUT2D eigenvalue weighted by atomic mass is 16.5. The number of nitrogens with one attached hydrogen (secondary N) is 1. The van der Waals surface area contributed by atoms with Crippen molar-refractivity contribution in [1.82, 2.24) is 10.2 Å². The van der Waals surface area contributed by atoms with Crippen LogP contribution < -0.4 is 5.32 Å². The summed E-state index contributed by atoms with van der Waals surface area (Å²) in [4.78, 5) is 39.6. The highest BCUT2D eigenvalue weighted by molar-refractivity contribution is 5.91. The molecule has 4 aliphatic carbocycles. The van der Waals surface area contributed by atoms with Gasteiger partial charge in [0.15, 0.2) is 0 Å². The molecule has 0 aromatic heterocycles. The number of aliphatic carboxylic acids is 1. The molecule has 2 aromatic carbocycles. The zero-order valence-corrected chi connectivity index (χ0v) is 19.8.